The smallest absolute Gasteiger partial charge is 0.340 e. The summed E-state index contributed by atoms with van der Waals surface area (Å²) in [6.07, 6.45) is 0.729. The van der Waals surface area contributed by atoms with Crippen LogP contribution in [0.1, 0.15) is 29.9 Å². The number of esters is 1. The minimum absolute atomic E-state index is 0.320. The SMILES string of the molecule is CCOC(=O)c1ccc2c(c(CC)nn2-c2ccccc2)c1N. The summed E-state index contributed by atoms with van der Waals surface area (Å²) in [7, 11) is 0. The van der Waals surface area contributed by atoms with Crippen molar-refractivity contribution >= 4 is 22.6 Å². The van der Waals surface area contributed by atoms with E-state index >= 15 is 0 Å². The Morgan fingerprint density at radius 2 is 1.91 bits per heavy atom. The number of rotatable bonds is 4. The van der Waals surface area contributed by atoms with Crippen molar-refractivity contribution in [2.24, 2.45) is 0 Å². The van der Waals surface area contributed by atoms with E-state index in [9.17, 15) is 4.79 Å². The molecule has 2 N–H and O–H groups in total. The minimum atomic E-state index is -0.401. The fraction of sp³-hybridized carbons (Fsp3) is 0.222. The second-order valence-electron chi connectivity index (χ2n) is 5.19. The second-order valence-corrected chi connectivity index (χ2v) is 5.19. The Kier molecular flexibility index (Phi) is 4.02. The number of hydrogen-bond donors (Lipinski definition) is 1. The lowest BCUT2D eigenvalue weighted by atomic mass is 10.1. The van der Waals surface area contributed by atoms with Crippen molar-refractivity contribution in [3.8, 4) is 5.69 Å². The van der Waals surface area contributed by atoms with Crippen LogP contribution in [0.25, 0.3) is 16.6 Å². The highest BCUT2D eigenvalue weighted by Crippen LogP contribution is 2.30. The summed E-state index contributed by atoms with van der Waals surface area (Å²) in [6, 6.07) is 13.4. The first-order chi connectivity index (χ1) is 11.2. The maximum absolute atomic E-state index is 12.1. The number of ether oxygens (including phenoxy) is 1. The van der Waals surface area contributed by atoms with Crippen LogP contribution in [0.5, 0.6) is 0 Å². The van der Waals surface area contributed by atoms with Gasteiger partial charge in [-0.05, 0) is 37.6 Å². The average Bonchev–Trinajstić information content (AvgIpc) is 2.96. The van der Waals surface area contributed by atoms with Gasteiger partial charge in [0.15, 0.2) is 0 Å². The van der Waals surface area contributed by atoms with Gasteiger partial charge >= 0.3 is 5.97 Å². The van der Waals surface area contributed by atoms with Gasteiger partial charge in [-0.1, -0.05) is 25.1 Å². The molecule has 0 aliphatic carbocycles. The molecule has 0 saturated heterocycles. The molecule has 5 heteroatoms. The normalized spacial score (nSPS) is 10.9. The van der Waals surface area contributed by atoms with E-state index in [2.05, 4.69) is 5.10 Å². The number of nitrogen functional groups attached to an aromatic ring is 1. The van der Waals surface area contributed by atoms with Crippen molar-refractivity contribution in [1.82, 2.24) is 9.78 Å². The van der Waals surface area contributed by atoms with Gasteiger partial charge in [0.2, 0.25) is 0 Å². The maximum Gasteiger partial charge on any atom is 0.340 e. The molecule has 0 saturated carbocycles. The lowest BCUT2D eigenvalue weighted by Gasteiger charge is -2.08. The molecule has 0 spiro atoms. The van der Waals surface area contributed by atoms with Gasteiger partial charge in [-0.15, -0.1) is 0 Å². The quantitative estimate of drug-likeness (QED) is 0.592. The summed E-state index contributed by atoms with van der Waals surface area (Å²) in [5.41, 5.74) is 9.80. The van der Waals surface area contributed by atoms with Crippen molar-refractivity contribution in [2.45, 2.75) is 20.3 Å². The summed E-state index contributed by atoms with van der Waals surface area (Å²) >= 11 is 0. The number of carbonyl (C=O) groups excluding carboxylic acids is 1. The summed E-state index contributed by atoms with van der Waals surface area (Å²) in [6.45, 7) is 4.12. The van der Waals surface area contributed by atoms with Crippen LogP contribution >= 0.6 is 0 Å². The van der Waals surface area contributed by atoms with Crippen molar-refractivity contribution in [2.75, 3.05) is 12.3 Å². The highest BCUT2D eigenvalue weighted by Gasteiger charge is 2.19. The molecule has 0 aliphatic rings. The highest BCUT2D eigenvalue weighted by molar-refractivity contribution is 6.06. The van der Waals surface area contributed by atoms with E-state index < -0.39 is 5.97 Å². The van der Waals surface area contributed by atoms with Crippen LogP contribution in [0.4, 0.5) is 5.69 Å². The zero-order chi connectivity index (χ0) is 16.4. The zero-order valence-electron chi connectivity index (χ0n) is 13.2. The summed E-state index contributed by atoms with van der Waals surface area (Å²) in [5.74, 6) is -0.401. The molecule has 23 heavy (non-hydrogen) atoms. The summed E-state index contributed by atoms with van der Waals surface area (Å²) in [4.78, 5) is 12.1. The molecule has 118 valence electrons. The first-order valence-electron chi connectivity index (χ1n) is 7.70. The molecule has 2 aromatic carbocycles. The summed E-state index contributed by atoms with van der Waals surface area (Å²) < 4.78 is 6.94. The van der Waals surface area contributed by atoms with E-state index in [1.165, 1.54) is 0 Å². The van der Waals surface area contributed by atoms with Crippen LogP contribution < -0.4 is 5.73 Å². The molecular weight excluding hydrogens is 290 g/mol. The predicted octanol–water partition coefficient (Wildman–Crippen LogP) is 3.35. The van der Waals surface area contributed by atoms with E-state index in [0.29, 0.717) is 17.9 Å². The van der Waals surface area contributed by atoms with E-state index in [4.69, 9.17) is 10.5 Å². The molecule has 1 heterocycles. The third-order valence-corrected chi connectivity index (χ3v) is 3.79. The summed E-state index contributed by atoms with van der Waals surface area (Å²) in [5, 5.41) is 5.49. The monoisotopic (exact) mass is 309 g/mol. The number of benzene rings is 2. The molecule has 0 radical (unpaired) electrons. The molecule has 3 rings (SSSR count). The predicted molar refractivity (Wildman–Crippen MR) is 90.8 cm³/mol. The van der Waals surface area contributed by atoms with Crippen LogP contribution in [-0.2, 0) is 11.2 Å². The van der Waals surface area contributed by atoms with E-state index in [1.807, 2.05) is 48.0 Å². The topological polar surface area (TPSA) is 70.1 Å². The Morgan fingerprint density at radius 1 is 1.17 bits per heavy atom. The zero-order valence-corrected chi connectivity index (χ0v) is 13.2. The van der Waals surface area contributed by atoms with Gasteiger partial charge in [0.05, 0.1) is 34.8 Å². The third-order valence-electron chi connectivity index (χ3n) is 3.79. The van der Waals surface area contributed by atoms with Gasteiger partial charge in [-0.2, -0.15) is 5.10 Å². The molecule has 1 aromatic heterocycles. The van der Waals surface area contributed by atoms with Gasteiger partial charge in [0.25, 0.3) is 0 Å². The Labute approximate surface area is 134 Å². The number of fused-ring (bicyclic) bond motifs is 1. The molecule has 3 aromatic rings. The van der Waals surface area contributed by atoms with Crippen LogP contribution in [-0.4, -0.2) is 22.4 Å². The van der Waals surface area contributed by atoms with Gasteiger partial charge in [-0.3, -0.25) is 0 Å². The van der Waals surface area contributed by atoms with Gasteiger partial charge in [0.1, 0.15) is 0 Å². The maximum atomic E-state index is 12.1. The van der Waals surface area contributed by atoms with Crippen LogP contribution in [0.3, 0.4) is 0 Å². The van der Waals surface area contributed by atoms with Gasteiger partial charge in [0, 0.05) is 5.39 Å². The Balaban J connectivity index is 2.24. The highest BCUT2D eigenvalue weighted by atomic mass is 16.5. The number of aromatic nitrogens is 2. The largest absolute Gasteiger partial charge is 0.462 e. The van der Waals surface area contributed by atoms with E-state index in [1.54, 1.807) is 13.0 Å². The Bertz CT molecular complexity index is 854. The fourth-order valence-electron chi connectivity index (χ4n) is 2.71. The molecule has 0 amide bonds. The standard InChI is InChI=1S/C18H19N3O2/c1-3-14-16-15(21(20-14)12-8-6-5-7-9-12)11-10-13(17(16)19)18(22)23-4-2/h5-11H,3-4,19H2,1-2H3. The molecular formula is C18H19N3O2. The van der Waals surface area contributed by atoms with Crippen LogP contribution in [0, 0.1) is 0 Å². The van der Waals surface area contributed by atoms with Crippen LogP contribution in [0.15, 0.2) is 42.5 Å². The number of anilines is 1. The van der Waals surface area contributed by atoms with Crippen molar-refractivity contribution < 1.29 is 9.53 Å². The fourth-order valence-corrected chi connectivity index (χ4v) is 2.71. The Hall–Kier alpha value is -2.82. The van der Waals surface area contributed by atoms with E-state index in [-0.39, 0.29) is 0 Å². The first-order valence-corrected chi connectivity index (χ1v) is 7.70. The second kappa shape index (κ2) is 6.12. The number of aryl methyl sites for hydroxylation is 1. The molecule has 0 fully saturated rings. The molecule has 0 unspecified atom stereocenters. The van der Waals surface area contributed by atoms with Gasteiger partial charge < -0.3 is 10.5 Å². The average molecular weight is 309 g/mol. The van der Waals surface area contributed by atoms with Gasteiger partial charge in [-0.25, -0.2) is 9.48 Å². The third kappa shape index (κ3) is 2.54. The lowest BCUT2D eigenvalue weighted by molar-refractivity contribution is 0.0528. The molecule has 0 bridgehead atoms. The van der Waals surface area contributed by atoms with E-state index in [0.717, 1.165) is 28.7 Å². The molecule has 5 nitrogen and oxygen atoms in total. The van der Waals surface area contributed by atoms with Crippen molar-refractivity contribution in [1.29, 1.82) is 0 Å². The minimum Gasteiger partial charge on any atom is -0.462 e. The lowest BCUT2D eigenvalue weighted by Crippen LogP contribution is -2.08. The number of nitrogens with two attached hydrogens (primary N) is 1. The Morgan fingerprint density at radius 3 is 2.57 bits per heavy atom. The van der Waals surface area contributed by atoms with Crippen LogP contribution in [0.2, 0.25) is 0 Å². The number of para-hydroxylation sites is 1. The van der Waals surface area contributed by atoms with Crippen molar-refractivity contribution in [3.63, 3.8) is 0 Å². The number of hydrogen-bond acceptors (Lipinski definition) is 4. The number of carbonyl (C=O) groups is 1. The molecule has 0 aliphatic heterocycles. The van der Waals surface area contributed by atoms with Crippen molar-refractivity contribution in [3.05, 3.63) is 53.7 Å². The molecule has 0 atom stereocenters. The first kappa shape index (κ1) is 15.1. The number of nitrogens with zero attached hydrogens (tertiary/aromatic N) is 2.